The van der Waals surface area contributed by atoms with E-state index in [9.17, 15) is 4.79 Å². The predicted molar refractivity (Wildman–Crippen MR) is 87.6 cm³/mol. The van der Waals surface area contributed by atoms with Gasteiger partial charge in [-0.1, -0.05) is 49.9 Å². The number of methoxy groups -OCH3 is 1. The van der Waals surface area contributed by atoms with Crippen LogP contribution in [0.4, 0.5) is 0 Å². The van der Waals surface area contributed by atoms with Crippen LogP contribution in [0.3, 0.4) is 0 Å². The zero-order valence-electron chi connectivity index (χ0n) is 12.8. The quantitative estimate of drug-likeness (QED) is 0.668. The van der Waals surface area contributed by atoms with Crippen molar-refractivity contribution in [1.82, 2.24) is 0 Å². The molecule has 0 spiro atoms. The van der Waals surface area contributed by atoms with Gasteiger partial charge in [-0.05, 0) is 36.3 Å². The van der Waals surface area contributed by atoms with E-state index in [0.29, 0.717) is 45.5 Å². The van der Waals surface area contributed by atoms with E-state index in [1.165, 1.54) is 20.0 Å². The molecule has 1 fully saturated rings. The van der Waals surface area contributed by atoms with Crippen LogP contribution in [-0.4, -0.2) is 12.9 Å². The van der Waals surface area contributed by atoms with Crippen molar-refractivity contribution < 1.29 is 9.53 Å². The molecule has 3 atom stereocenters. The molecule has 1 saturated carbocycles. The molecule has 0 radical (unpaired) electrons. The number of hydrogen-bond donors (Lipinski definition) is 0. The lowest BCUT2D eigenvalue weighted by Crippen LogP contribution is -2.26. The summed E-state index contributed by atoms with van der Waals surface area (Å²) in [5.41, 5.74) is 0.428. The molecule has 0 aromatic heterocycles. The van der Waals surface area contributed by atoms with E-state index >= 15 is 0 Å². The molecule has 3 unspecified atom stereocenters. The number of Topliss-reactive ketones (excluding diaryl/α,β-unsaturated/α-hetero) is 1. The number of benzene rings is 1. The van der Waals surface area contributed by atoms with E-state index in [0.717, 1.165) is 6.42 Å². The fraction of sp³-hybridized carbons (Fsp3) is 0.588. The number of carbonyl (C=O) groups excluding carboxylic acids is 1. The summed E-state index contributed by atoms with van der Waals surface area (Å²) in [5, 5.41) is 0.841. The van der Waals surface area contributed by atoms with Crippen LogP contribution in [0.15, 0.2) is 12.1 Å². The first-order valence-corrected chi connectivity index (χ1v) is 8.26. The van der Waals surface area contributed by atoms with Gasteiger partial charge in [0.25, 0.3) is 0 Å². The van der Waals surface area contributed by atoms with Crippen molar-refractivity contribution in [3.05, 3.63) is 27.7 Å². The van der Waals surface area contributed by atoms with Gasteiger partial charge in [0, 0.05) is 6.42 Å². The molecule has 4 heteroatoms. The van der Waals surface area contributed by atoms with Gasteiger partial charge < -0.3 is 4.74 Å². The lowest BCUT2D eigenvalue weighted by atomic mass is 9.71. The SMILES string of the molecule is COc1c(Cl)ccc(Cl)c1C(=O)CC1CCCC(C)C1C. The molecule has 1 aliphatic carbocycles. The summed E-state index contributed by atoms with van der Waals surface area (Å²) in [6.07, 6.45) is 4.08. The molecule has 116 valence electrons. The van der Waals surface area contributed by atoms with Crippen LogP contribution in [-0.2, 0) is 0 Å². The van der Waals surface area contributed by atoms with Crippen molar-refractivity contribution in [2.45, 2.75) is 39.5 Å². The third-order valence-electron chi connectivity index (χ3n) is 4.86. The number of hydrogen-bond acceptors (Lipinski definition) is 2. The van der Waals surface area contributed by atoms with Gasteiger partial charge in [0.15, 0.2) is 5.78 Å². The molecule has 21 heavy (non-hydrogen) atoms. The molecule has 0 saturated heterocycles. The summed E-state index contributed by atoms with van der Waals surface area (Å²) in [7, 11) is 1.51. The highest BCUT2D eigenvalue weighted by molar-refractivity contribution is 6.37. The Kier molecular flexibility index (Phi) is 5.56. The molecular formula is C17H22Cl2O2. The second kappa shape index (κ2) is 7.02. The van der Waals surface area contributed by atoms with Crippen molar-refractivity contribution in [3.63, 3.8) is 0 Å². The lowest BCUT2D eigenvalue weighted by Gasteiger charge is -2.33. The third-order valence-corrected chi connectivity index (χ3v) is 5.48. The zero-order chi connectivity index (χ0) is 15.6. The van der Waals surface area contributed by atoms with Gasteiger partial charge in [-0.25, -0.2) is 0 Å². The Morgan fingerprint density at radius 3 is 2.57 bits per heavy atom. The fourth-order valence-corrected chi connectivity index (χ4v) is 3.80. The maximum Gasteiger partial charge on any atom is 0.168 e. The first kappa shape index (κ1) is 16.6. The average molecular weight is 329 g/mol. The van der Waals surface area contributed by atoms with Gasteiger partial charge in [-0.2, -0.15) is 0 Å². The van der Waals surface area contributed by atoms with Gasteiger partial charge >= 0.3 is 0 Å². The Bertz CT molecular complexity index is 528. The van der Waals surface area contributed by atoms with Crippen molar-refractivity contribution in [2.75, 3.05) is 7.11 Å². The number of carbonyl (C=O) groups is 1. The van der Waals surface area contributed by atoms with Crippen molar-refractivity contribution in [2.24, 2.45) is 17.8 Å². The maximum absolute atomic E-state index is 12.7. The van der Waals surface area contributed by atoms with Crippen LogP contribution in [0.2, 0.25) is 10.0 Å². The minimum Gasteiger partial charge on any atom is -0.494 e. The van der Waals surface area contributed by atoms with Crippen LogP contribution in [0.1, 0.15) is 49.9 Å². The Morgan fingerprint density at radius 1 is 1.24 bits per heavy atom. The van der Waals surface area contributed by atoms with E-state index in [1.807, 2.05) is 0 Å². The van der Waals surface area contributed by atoms with E-state index in [4.69, 9.17) is 27.9 Å². The lowest BCUT2D eigenvalue weighted by molar-refractivity contribution is 0.0895. The van der Waals surface area contributed by atoms with Crippen molar-refractivity contribution in [3.8, 4) is 5.75 Å². The van der Waals surface area contributed by atoms with Gasteiger partial charge in [0.2, 0.25) is 0 Å². The highest BCUT2D eigenvalue weighted by Gasteiger charge is 2.30. The smallest absolute Gasteiger partial charge is 0.168 e. The minimum atomic E-state index is 0.0327. The van der Waals surface area contributed by atoms with E-state index in [1.54, 1.807) is 12.1 Å². The Hall–Kier alpha value is -0.730. The average Bonchev–Trinajstić information content (AvgIpc) is 2.45. The largest absolute Gasteiger partial charge is 0.494 e. The van der Waals surface area contributed by atoms with Crippen molar-refractivity contribution in [1.29, 1.82) is 0 Å². The molecule has 0 aliphatic heterocycles. The molecule has 1 aliphatic rings. The first-order chi connectivity index (χ1) is 9.95. The molecule has 1 aromatic rings. The number of ketones is 1. The van der Waals surface area contributed by atoms with E-state index in [-0.39, 0.29) is 5.78 Å². The summed E-state index contributed by atoms with van der Waals surface area (Å²) in [4.78, 5) is 12.7. The van der Waals surface area contributed by atoms with Crippen LogP contribution < -0.4 is 4.74 Å². The Balaban J connectivity index is 2.23. The Morgan fingerprint density at radius 2 is 1.90 bits per heavy atom. The summed E-state index contributed by atoms with van der Waals surface area (Å²) in [6, 6.07) is 3.32. The number of halogens is 2. The highest BCUT2D eigenvalue weighted by Crippen LogP contribution is 2.39. The van der Waals surface area contributed by atoms with Crippen LogP contribution in [0, 0.1) is 17.8 Å². The first-order valence-electron chi connectivity index (χ1n) is 7.50. The second-order valence-electron chi connectivity index (χ2n) is 6.09. The molecule has 0 N–H and O–H groups in total. The standard InChI is InChI=1S/C17H22Cl2O2/c1-10-5-4-6-12(11(10)2)9-15(20)16-13(18)7-8-14(19)17(16)21-3/h7-8,10-12H,4-6,9H2,1-3H3. The minimum absolute atomic E-state index is 0.0327. The Labute approximate surface area is 136 Å². The van der Waals surface area contributed by atoms with Gasteiger partial charge in [-0.3, -0.25) is 4.79 Å². The zero-order valence-corrected chi connectivity index (χ0v) is 14.3. The van der Waals surface area contributed by atoms with Gasteiger partial charge in [-0.15, -0.1) is 0 Å². The molecular weight excluding hydrogens is 307 g/mol. The number of rotatable bonds is 4. The molecule has 2 rings (SSSR count). The van der Waals surface area contributed by atoms with E-state index < -0.39 is 0 Å². The monoisotopic (exact) mass is 328 g/mol. The molecule has 0 amide bonds. The van der Waals surface area contributed by atoms with Crippen LogP contribution in [0.5, 0.6) is 5.75 Å². The summed E-state index contributed by atoms with van der Waals surface area (Å²) in [5.74, 6) is 2.08. The second-order valence-corrected chi connectivity index (χ2v) is 6.91. The maximum atomic E-state index is 12.7. The normalized spacial score (nSPS) is 25.7. The van der Waals surface area contributed by atoms with E-state index in [2.05, 4.69) is 13.8 Å². The van der Waals surface area contributed by atoms with Crippen molar-refractivity contribution >= 4 is 29.0 Å². The highest BCUT2D eigenvalue weighted by atomic mass is 35.5. The molecule has 2 nitrogen and oxygen atoms in total. The fourth-order valence-electron chi connectivity index (χ4n) is 3.31. The predicted octanol–water partition coefficient (Wildman–Crippen LogP) is 5.65. The summed E-state index contributed by atoms with van der Waals surface area (Å²) >= 11 is 12.3. The van der Waals surface area contributed by atoms with Gasteiger partial charge in [0.05, 0.1) is 22.7 Å². The third kappa shape index (κ3) is 3.54. The summed E-state index contributed by atoms with van der Waals surface area (Å²) in [6.45, 7) is 4.52. The number of ether oxygens (including phenoxy) is 1. The molecule has 0 heterocycles. The summed E-state index contributed by atoms with van der Waals surface area (Å²) < 4.78 is 5.28. The molecule has 0 bridgehead atoms. The molecule has 1 aromatic carbocycles. The van der Waals surface area contributed by atoms with Crippen LogP contribution in [0.25, 0.3) is 0 Å². The van der Waals surface area contributed by atoms with Crippen LogP contribution >= 0.6 is 23.2 Å². The topological polar surface area (TPSA) is 26.3 Å². The van der Waals surface area contributed by atoms with Gasteiger partial charge in [0.1, 0.15) is 5.75 Å².